The van der Waals surface area contributed by atoms with Gasteiger partial charge < -0.3 is 16.0 Å². The molecule has 0 unspecified atom stereocenters. The van der Waals surface area contributed by atoms with Crippen molar-refractivity contribution in [1.29, 1.82) is 0 Å². The van der Waals surface area contributed by atoms with Gasteiger partial charge in [0.05, 0.1) is 6.54 Å². The number of amides is 2. The van der Waals surface area contributed by atoms with Crippen LogP contribution in [-0.4, -0.2) is 64.6 Å². The number of carbonyl (C=O) groups is 2. The van der Waals surface area contributed by atoms with Crippen LogP contribution in [0.15, 0.2) is 0 Å². The Balaban J connectivity index is 1.76. The number of piperidine rings is 2. The normalized spacial score (nSPS) is 25.4. The van der Waals surface area contributed by atoms with Gasteiger partial charge in [-0.3, -0.25) is 0 Å². The maximum Gasteiger partial charge on any atom is 0.308 e. The van der Waals surface area contributed by atoms with Crippen LogP contribution in [0.4, 0.5) is 0 Å². The van der Waals surface area contributed by atoms with E-state index in [1.165, 1.54) is 0 Å². The Hall–Kier alpha value is -0.820. The van der Waals surface area contributed by atoms with Crippen LogP contribution >= 0.6 is 0 Å². The topological polar surface area (TPSA) is 70.2 Å². The number of nitrogens with zero attached hydrogens (tertiary/aromatic N) is 1. The second-order valence-corrected chi connectivity index (χ2v) is 13.3. The van der Waals surface area contributed by atoms with Gasteiger partial charge in [0.15, 0.2) is 0 Å². The first-order valence-electron chi connectivity index (χ1n) is 12.8. The monoisotopic (exact) mass is 451 g/mol. The van der Waals surface area contributed by atoms with Gasteiger partial charge in [-0.25, -0.2) is 14.1 Å². The Bertz CT molecular complexity index is 602. The Kier molecular flexibility index (Phi) is 8.75. The highest BCUT2D eigenvalue weighted by atomic mass is 16.2. The highest BCUT2D eigenvalue weighted by Gasteiger charge is 2.48. The van der Waals surface area contributed by atoms with Gasteiger partial charge in [-0.05, 0) is 94.0 Å². The fourth-order valence-corrected chi connectivity index (χ4v) is 6.73. The van der Waals surface area contributed by atoms with E-state index in [9.17, 15) is 9.59 Å². The number of hydrogen-bond donors (Lipinski definition) is 3. The van der Waals surface area contributed by atoms with Gasteiger partial charge in [-0.2, -0.15) is 0 Å². The molecule has 0 bridgehead atoms. The zero-order chi connectivity index (χ0) is 24.3. The van der Waals surface area contributed by atoms with Gasteiger partial charge in [0.2, 0.25) is 0 Å². The molecule has 0 aliphatic carbocycles. The number of nitrogens with one attached hydrogen (secondary N) is 3. The van der Waals surface area contributed by atoms with E-state index in [0.29, 0.717) is 12.6 Å². The Morgan fingerprint density at radius 3 is 1.62 bits per heavy atom. The van der Waals surface area contributed by atoms with E-state index in [1.807, 2.05) is 0 Å². The molecule has 0 spiro atoms. The van der Waals surface area contributed by atoms with Crippen molar-refractivity contribution in [2.75, 3.05) is 13.1 Å². The molecule has 2 aliphatic heterocycles. The molecule has 6 nitrogen and oxygen atoms in total. The number of rotatable bonds is 11. The summed E-state index contributed by atoms with van der Waals surface area (Å²) in [6.07, 6.45) is 10.0. The van der Waals surface area contributed by atoms with Crippen molar-refractivity contribution in [3.05, 3.63) is 0 Å². The second kappa shape index (κ2) is 10.2. The summed E-state index contributed by atoms with van der Waals surface area (Å²) < 4.78 is -0.0496. The van der Waals surface area contributed by atoms with Crippen LogP contribution in [0.3, 0.4) is 0 Å². The average Bonchev–Trinajstić information content (AvgIpc) is 2.59. The minimum absolute atomic E-state index is 0.0459. The molecular formula is C26H51N4O2+. The third-order valence-electron chi connectivity index (χ3n) is 7.34. The first-order valence-corrected chi connectivity index (χ1v) is 12.8. The van der Waals surface area contributed by atoms with Crippen molar-refractivity contribution in [2.45, 2.75) is 141 Å². The van der Waals surface area contributed by atoms with Crippen LogP contribution in [0.1, 0.15) is 107 Å². The highest BCUT2D eigenvalue weighted by molar-refractivity contribution is 5.56. The SMILES string of the molecule is CC1(C)CC(NCCCCCC[N+](C=O)(C=O)C2CC(C)(C)NC(C)(C)C2)CC(C)(C)N1. The largest absolute Gasteiger partial charge is 0.314 e. The van der Waals surface area contributed by atoms with E-state index in [4.69, 9.17) is 0 Å². The summed E-state index contributed by atoms with van der Waals surface area (Å²) >= 11 is 0. The lowest BCUT2D eigenvalue weighted by atomic mass is 9.78. The molecule has 2 amide bonds. The van der Waals surface area contributed by atoms with E-state index in [-0.39, 0.29) is 32.7 Å². The summed E-state index contributed by atoms with van der Waals surface area (Å²) in [5.74, 6) is 0. The number of carbonyl (C=O) groups excluding carboxylic acids is 2. The van der Waals surface area contributed by atoms with Crippen molar-refractivity contribution in [3.63, 3.8) is 0 Å². The predicted octanol–water partition coefficient (Wildman–Crippen LogP) is 3.88. The van der Waals surface area contributed by atoms with Gasteiger partial charge in [0.25, 0.3) is 0 Å². The minimum Gasteiger partial charge on any atom is -0.314 e. The van der Waals surface area contributed by atoms with Gasteiger partial charge >= 0.3 is 12.8 Å². The van der Waals surface area contributed by atoms with Crippen molar-refractivity contribution < 1.29 is 14.1 Å². The Morgan fingerprint density at radius 2 is 1.16 bits per heavy atom. The van der Waals surface area contributed by atoms with Gasteiger partial charge in [0, 0.05) is 41.0 Å². The molecule has 32 heavy (non-hydrogen) atoms. The quantitative estimate of drug-likeness (QED) is 0.253. The second-order valence-electron chi connectivity index (χ2n) is 13.3. The summed E-state index contributed by atoms with van der Waals surface area (Å²) in [6.45, 7) is 19.5. The molecule has 2 rings (SSSR count). The summed E-state index contributed by atoms with van der Waals surface area (Å²) in [4.78, 5) is 24.3. The zero-order valence-corrected chi connectivity index (χ0v) is 22.1. The molecule has 0 aromatic rings. The molecule has 6 heteroatoms. The minimum atomic E-state index is -0.0780. The van der Waals surface area contributed by atoms with E-state index in [0.717, 1.165) is 70.7 Å². The Labute approximate surface area is 197 Å². The average molecular weight is 452 g/mol. The third kappa shape index (κ3) is 7.89. The van der Waals surface area contributed by atoms with Gasteiger partial charge in [0.1, 0.15) is 6.04 Å². The molecule has 186 valence electrons. The maximum atomic E-state index is 12.1. The number of quaternary nitrogens is 1. The Morgan fingerprint density at radius 1 is 0.719 bits per heavy atom. The first-order chi connectivity index (χ1) is 14.6. The number of unbranched alkanes of at least 4 members (excludes halogenated alkanes) is 3. The van der Waals surface area contributed by atoms with Gasteiger partial charge in [-0.1, -0.05) is 6.42 Å². The van der Waals surface area contributed by atoms with Crippen LogP contribution in [0.5, 0.6) is 0 Å². The van der Waals surface area contributed by atoms with Crippen LogP contribution in [0.2, 0.25) is 0 Å². The molecule has 0 aromatic heterocycles. The molecule has 2 fully saturated rings. The summed E-state index contributed by atoms with van der Waals surface area (Å²) in [5.41, 5.74) is 0.181. The fraction of sp³-hybridized carbons (Fsp3) is 0.923. The van der Waals surface area contributed by atoms with Crippen molar-refractivity contribution in [1.82, 2.24) is 16.0 Å². The lowest BCUT2D eigenvalue weighted by Gasteiger charge is -2.49. The third-order valence-corrected chi connectivity index (χ3v) is 7.34. The van der Waals surface area contributed by atoms with E-state index in [2.05, 4.69) is 71.3 Å². The predicted molar refractivity (Wildman–Crippen MR) is 132 cm³/mol. The van der Waals surface area contributed by atoms with E-state index < -0.39 is 0 Å². The summed E-state index contributed by atoms with van der Waals surface area (Å²) in [6, 6.07) is 0.604. The molecule has 0 saturated carbocycles. The first kappa shape index (κ1) is 27.4. The lowest BCUT2D eigenvalue weighted by molar-refractivity contribution is -0.792. The molecule has 0 radical (unpaired) electrons. The molecule has 3 N–H and O–H groups in total. The summed E-state index contributed by atoms with van der Waals surface area (Å²) in [7, 11) is 0. The van der Waals surface area contributed by atoms with Crippen molar-refractivity contribution in [3.8, 4) is 0 Å². The maximum absolute atomic E-state index is 12.1. The molecule has 2 saturated heterocycles. The molecule has 2 heterocycles. The van der Waals surface area contributed by atoms with Crippen molar-refractivity contribution in [2.24, 2.45) is 0 Å². The fourth-order valence-electron chi connectivity index (χ4n) is 6.73. The number of hydrogen-bond acceptors (Lipinski definition) is 5. The van der Waals surface area contributed by atoms with Crippen LogP contribution < -0.4 is 16.0 Å². The highest BCUT2D eigenvalue weighted by Crippen LogP contribution is 2.34. The molecule has 2 aliphatic rings. The lowest BCUT2D eigenvalue weighted by Crippen LogP contribution is -2.67. The molecular weight excluding hydrogens is 400 g/mol. The van der Waals surface area contributed by atoms with Crippen LogP contribution in [0, 0.1) is 0 Å². The van der Waals surface area contributed by atoms with E-state index in [1.54, 1.807) is 0 Å². The number of imide groups is 1. The van der Waals surface area contributed by atoms with Crippen LogP contribution in [0.25, 0.3) is 0 Å². The zero-order valence-electron chi connectivity index (χ0n) is 22.1. The summed E-state index contributed by atoms with van der Waals surface area (Å²) in [5, 5.41) is 11.2. The van der Waals surface area contributed by atoms with Crippen molar-refractivity contribution >= 4 is 12.8 Å². The van der Waals surface area contributed by atoms with E-state index >= 15 is 0 Å². The smallest absolute Gasteiger partial charge is 0.308 e. The molecule has 0 atom stereocenters. The molecule has 0 aromatic carbocycles. The van der Waals surface area contributed by atoms with Crippen LogP contribution in [-0.2, 0) is 9.59 Å². The van der Waals surface area contributed by atoms with Gasteiger partial charge in [-0.15, -0.1) is 0 Å². The standard InChI is InChI=1S/C26H51N4O2/c1-23(2)15-21(16-24(3,4)28-23)27-13-11-9-10-12-14-30(19-31,20-32)22-17-25(5,6)29-26(7,8)18-22/h19-22,27-29H,9-18H2,1-8H3/q+1.